The van der Waals surface area contributed by atoms with Crippen LogP contribution in [0.1, 0.15) is 36.7 Å². The Hall–Kier alpha value is -2.33. The molecule has 0 aliphatic carbocycles. The van der Waals surface area contributed by atoms with Gasteiger partial charge in [-0.05, 0) is 44.1 Å². The normalized spacial score (nSPS) is 12.0. The summed E-state index contributed by atoms with van der Waals surface area (Å²) in [6.07, 6.45) is 0.913. The van der Waals surface area contributed by atoms with Crippen LogP contribution in [0.5, 0.6) is 5.75 Å². The molecule has 4 heteroatoms. The monoisotopic (exact) mass is 354 g/mol. The van der Waals surface area contributed by atoms with Gasteiger partial charge < -0.3 is 10.1 Å². The van der Waals surface area contributed by atoms with E-state index in [1.54, 1.807) is 0 Å². The third-order valence-electron chi connectivity index (χ3n) is 4.57. The van der Waals surface area contributed by atoms with E-state index in [4.69, 9.17) is 4.74 Å². The molecule has 0 aliphatic heterocycles. The minimum atomic E-state index is -0.0840. The van der Waals surface area contributed by atoms with Crippen LogP contribution >= 0.6 is 0 Å². The van der Waals surface area contributed by atoms with Crippen molar-refractivity contribution < 1.29 is 9.53 Å². The number of nitrogens with one attached hydrogen (secondary N) is 1. The van der Waals surface area contributed by atoms with Crippen molar-refractivity contribution >= 4 is 5.91 Å². The van der Waals surface area contributed by atoms with Crippen molar-refractivity contribution in [2.24, 2.45) is 0 Å². The number of rotatable bonds is 10. The highest BCUT2D eigenvalue weighted by Gasteiger charge is 2.19. The second kappa shape index (κ2) is 10.6. The zero-order valence-corrected chi connectivity index (χ0v) is 16.1. The van der Waals surface area contributed by atoms with Crippen molar-refractivity contribution in [2.45, 2.75) is 33.2 Å². The molecule has 1 amide bonds. The predicted octanol–water partition coefficient (Wildman–Crippen LogP) is 3.77. The van der Waals surface area contributed by atoms with E-state index in [0.717, 1.165) is 19.5 Å². The van der Waals surface area contributed by atoms with Crippen molar-refractivity contribution in [3.63, 3.8) is 0 Å². The van der Waals surface area contributed by atoms with Crippen LogP contribution in [0.15, 0.2) is 54.6 Å². The maximum absolute atomic E-state index is 12.7. The zero-order valence-electron chi connectivity index (χ0n) is 16.1. The van der Waals surface area contributed by atoms with Gasteiger partial charge in [-0.1, -0.05) is 56.3 Å². The highest BCUT2D eigenvalue weighted by atomic mass is 16.5. The number of likely N-dealkylation sites (N-methyl/N-ethyl adjacent to an activating group) is 1. The number of para-hydroxylation sites is 1. The van der Waals surface area contributed by atoms with Gasteiger partial charge in [0.25, 0.3) is 5.91 Å². The van der Waals surface area contributed by atoms with Gasteiger partial charge in [-0.3, -0.25) is 9.69 Å². The molecule has 26 heavy (non-hydrogen) atoms. The fraction of sp³-hybridized carbons (Fsp3) is 0.409. The Balaban J connectivity index is 2.07. The second-order valence-corrected chi connectivity index (χ2v) is 6.20. The Morgan fingerprint density at radius 2 is 1.65 bits per heavy atom. The van der Waals surface area contributed by atoms with Gasteiger partial charge in [-0.15, -0.1) is 0 Å². The molecule has 4 nitrogen and oxygen atoms in total. The molecule has 0 heterocycles. The van der Waals surface area contributed by atoms with E-state index in [9.17, 15) is 4.79 Å². The minimum Gasteiger partial charge on any atom is -0.493 e. The summed E-state index contributed by atoms with van der Waals surface area (Å²) < 4.78 is 5.58. The maximum atomic E-state index is 12.7. The van der Waals surface area contributed by atoms with E-state index in [1.165, 1.54) is 5.56 Å². The van der Waals surface area contributed by atoms with Crippen LogP contribution in [0.3, 0.4) is 0 Å². The SMILES string of the molecule is CCOc1ccccc1C(=O)NCC(Cc1ccccc1)N(CC)CC. The fourth-order valence-electron chi connectivity index (χ4n) is 3.20. The fourth-order valence-corrected chi connectivity index (χ4v) is 3.20. The highest BCUT2D eigenvalue weighted by molar-refractivity contribution is 5.96. The van der Waals surface area contributed by atoms with Gasteiger partial charge in [-0.25, -0.2) is 0 Å². The quantitative estimate of drug-likeness (QED) is 0.706. The molecule has 0 saturated carbocycles. The van der Waals surface area contributed by atoms with Gasteiger partial charge in [0.15, 0.2) is 0 Å². The Morgan fingerprint density at radius 3 is 2.31 bits per heavy atom. The lowest BCUT2D eigenvalue weighted by atomic mass is 10.0. The van der Waals surface area contributed by atoms with Crippen molar-refractivity contribution in [1.29, 1.82) is 0 Å². The third-order valence-corrected chi connectivity index (χ3v) is 4.57. The summed E-state index contributed by atoms with van der Waals surface area (Å²) in [7, 11) is 0. The van der Waals surface area contributed by atoms with Gasteiger partial charge in [-0.2, -0.15) is 0 Å². The number of nitrogens with zero attached hydrogens (tertiary/aromatic N) is 1. The van der Waals surface area contributed by atoms with Crippen molar-refractivity contribution in [3.05, 3.63) is 65.7 Å². The topological polar surface area (TPSA) is 41.6 Å². The number of carbonyl (C=O) groups is 1. The predicted molar refractivity (Wildman–Crippen MR) is 107 cm³/mol. The second-order valence-electron chi connectivity index (χ2n) is 6.20. The Labute approximate surface area is 157 Å². The van der Waals surface area contributed by atoms with Crippen LogP contribution in [0.2, 0.25) is 0 Å². The van der Waals surface area contributed by atoms with Crippen LogP contribution in [-0.2, 0) is 6.42 Å². The van der Waals surface area contributed by atoms with Crippen molar-refractivity contribution in [3.8, 4) is 5.75 Å². The molecule has 0 bridgehead atoms. The lowest BCUT2D eigenvalue weighted by Gasteiger charge is -2.30. The van der Waals surface area contributed by atoms with Crippen LogP contribution in [0.4, 0.5) is 0 Å². The molecular weight excluding hydrogens is 324 g/mol. The molecule has 0 fully saturated rings. The lowest BCUT2D eigenvalue weighted by Crippen LogP contribution is -2.45. The molecular formula is C22H30N2O2. The number of hydrogen-bond donors (Lipinski definition) is 1. The molecule has 0 spiro atoms. The van der Waals surface area contributed by atoms with E-state index < -0.39 is 0 Å². The van der Waals surface area contributed by atoms with Crippen molar-refractivity contribution in [1.82, 2.24) is 10.2 Å². The number of benzene rings is 2. The summed E-state index contributed by atoms with van der Waals surface area (Å²) in [5.74, 6) is 0.550. The largest absolute Gasteiger partial charge is 0.493 e. The maximum Gasteiger partial charge on any atom is 0.255 e. The number of hydrogen-bond acceptors (Lipinski definition) is 3. The Kier molecular flexibility index (Phi) is 8.16. The van der Waals surface area contributed by atoms with E-state index in [0.29, 0.717) is 24.5 Å². The number of carbonyl (C=O) groups excluding carboxylic acids is 1. The van der Waals surface area contributed by atoms with E-state index >= 15 is 0 Å². The molecule has 2 aromatic rings. The van der Waals surface area contributed by atoms with Crippen LogP contribution in [0.25, 0.3) is 0 Å². The van der Waals surface area contributed by atoms with Crippen LogP contribution in [-0.4, -0.2) is 43.1 Å². The molecule has 2 rings (SSSR count). The first-order valence-electron chi connectivity index (χ1n) is 9.47. The lowest BCUT2D eigenvalue weighted by molar-refractivity contribution is 0.0931. The molecule has 140 valence electrons. The molecule has 2 aromatic carbocycles. The van der Waals surface area contributed by atoms with E-state index in [2.05, 4.69) is 48.3 Å². The summed E-state index contributed by atoms with van der Waals surface area (Å²) in [5.41, 5.74) is 1.88. The van der Waals surface area contributed by atoms with Gasteiger partial charge in [0.2, 0.25) is 0 Å². The summed E-state index contributed by atoms with van der Waals surface area (Å²) in [6.45, 7) is 9.31. The number of ether oxygens (including phenoxy) is 1. The van der Waals surface area contributed by atoms with Crippen molar-refractivity contribution in [2.75, 3.05) is 26.2 Å². The molecule has 1 atom stereocenters. The first-order chi connectivity index (χ1) is 12.7. The van der Waals surface area contributed by atoms with Gasteiger partial charge in [0.1, 0.15) is 5.75 Å². The standard InChI is InChI=1S/C22H30N2O2/c1-4-24(5-2)19(16-18-12-8-7-9-13-18)17-23-22(25)20-14-10-11-15-21(20)26-6-3/h7-15,19H,4-6,16-17H2,1-3H3,(H,23,25). The van der Waals surface area contributed by atoms with Crippen LogP contribution < -0.4 is 10.1 Å². The first kappa shape index (κ1) is 20.0. The molecule has 0 radical (unpaired) electrons. The third kappa shape index (κ3) is 5.60. The average molecular weight is 354 g/mol. The molecule has 1 unspecified atom stereocenters. The van der Waals surface area contributed by atoms with E-state index in [-0.39, 0.29) is 11.9 Å². The zero-order chi connectivity index (χ0) is 18.8. The Morgan fingerprint density at radius 1 is 1.00 bits per heavy atom. The van der Waals surface area contributed by atoms with Gasteiger partial charge in [0, 0.05) is 12.6 Å². The summed E-state index contributed by atoms with van der Waals surface area (Å²) in [6, 6.07) is 18.1. The summed E-state index contributed by atoms with van der Waals surface area (Å²) >= 11 is 0. The minimum absolute atomic E-state index is 0.0840. The number of amides is 1. The molecule has 0 saturated heterocycles. The molecule has 0 aromatic heterocycles. The summed E-state index contributed by atoms with van der Waals surface area (Å²) in [5, 5.41) is 3.11. The molecule has 1 N–H and O–H groups in total. The van der Waals surface area contributed by atoms with Gasteiger partial charge in [0.05, 0.1) is 12.2 Å². The summed E-state index contributed by atoms with van der Waals surface area (Å²) in [4.78, 5) is 15.1. The smallest absolute Gasteiger partial charge is 0.255 e. The molecule has 0 aliphatic rings. The average Bonchev–Trinajstić information content (AvgIpc) is 2.68. The van der Waals surface area contributed by atoms with Crippen LogP contribution in [0, 0.1) is 0 Å². The highest BCUT2D eigenvalue weighted by Crippen LogP contribution is 2.18. The van der Waals surface area contributed by atoms with Gasteiger partial charge >= 0.3 is 0 Å². The Bertz CT molecular complexity index is 669. The van der Waals surface area contributed by atoms with E-state index in [1.807, 2.05) is 37.3 Å². The first-order valence-corrected chi connectivity index (χ1v) is 9.47.